The van der Waals surface area contributed by atoms with Gasteiger partial charge in [-0.25, -0.2) is 8.78 Å². The molecule has 1 atom stereocenters. The molecule has 1 aromatic carbocycles. The lowest BCUT2D eigenvalue weighted by Gasteiger charge is -2.15. The van der Waals surface area contributed by atoms with Crippen molar-refractivity contribution in [3.05, 3.63) is 28.8 Å². The molecule has 1 aromatic rings. The van der Waals surface area contributed by atoms with Gasteiger partial charge < -0.3 is 10.5 Å². The number of halogens is 3. The Balaban J connectivity index is 0.00000324. The fourth-order valence-corrected chi connectivity index (χ4v) is 1.72. The Bertz CT molecular complexity index is 413. The van der Waals surface area contributed by atoms with E-state index in [-0.39, 0.29) is 24.2 Å². The van der Waals surface area contributed by atoms with Gasteiger partial charge in [0, 0.05) is 6.04 Å². The molecule has 5 heteroatoms. The molecule has 0 spiro atoms. The van der Waals surface area contributed by atoms with Gasteiger partial charge in [-0.1, -0.05) is 13.8 Å². The average molecular weight is 294 g/mol. The second-order valence-corrected chi connectivity index (χ2v) is 4.51. The van der Waals surface area contributed by atoms with Gasteiger partial charge in [-0.3, -0.25) is 0 Å². The minimum atomic E-state index is -0.648. The minimum absolute atomic E-state index is 0. The second kappa shape index (κ2) is 8.33. The number of benzene rings is 1. The van der Waals surface area contributed by atoms with Crippen molar-refractivity contribution >= 4 is 12.4 Å². The van der Waals surface area contributed by atoms with Gasteiger partial charge in [0.2, 0.25) is 0 Å². The molecule has 0 saturated carbocycles. The Morgan fingerprint density at radius 2 is 1.95 bits per heavy atom. The third-order valence-electron chi connectivity index (χ3n) is 2.99. The maximum Gasteiger partial charge on any atom is 0.190 e. The van der Waals surface area contributed by atoms with E-state index >= 15 is 0 Å². The van der Waals surface area contributed by atoms with Gasteiger partial charge in [0.1, 0.15) is 0 Å². The summed E-state index contributed by atoms with van der Waals surface area (Å²) in [6.07, 6.45) is 1.96. The molecule has 0 aliphatic carbocycles. The SMILES string of the molecule is CCCOc1c(F)cc(CC(N)CC)c(C)c1F.Cl. The van der Waals surface area contributed by atoms with Crippen molar-refractivity contribution in [1.82, 2.24) is 0 Å². The molecule has 0 aromatic heterocycles. The zero-order valence-corrected chi connectivity index (χ0v) is 12.4. The Labute approximate surface area is 119 Å². The zero-order chi connectivity index (χ0) is 13.7. The van der Waals surface area contributed by atoms with Crippen LogP contribution in [0.2, 0.25) is 0 Å². The number of rotatable bonds is 6. The molecule has 0 radical (unpaired) electrons. The van der Waals surface area contributed by atoms with Crippen molar-refractivity contribution in [2.24, 2.45) is 5.73 Å². The van der Waals surface area contributed by atoms with Crippen LogP contribution in [0.4, 0.5) is 8.78 Å². The van der Waals surface area contributed by atoms with Gasteiger partial charge in [-0.15, -0.1) is 12.4 Å². The molecule has 110 valence electrons. The van der Waals surface area contributed by atoms with E-state index < -0.39 is 11.6 Å². The highest BCUT2D eigenvalue weighted by atomic mass is 35.5. The van der Waals surface area contributed by atoms with Crippen molar-refractivity contribution < 1.29 is 13.5 Å². The molecule has 19 heavy (non-hydrogen) atoms. The molecule has 1 rings (SSSR count). The second-order valence-electron chi connectivity index (χ2n) is 4.51. The molecule has 2 nitrogen and oxygen atoms in total. The first-order valence-electron chi connectivity index (χ1n) is 6.37. The van der Waals surface area contributed by atoms with E-state index in [1.54, 1.807) is 6.92 Å². The molecule has 2 N–H and O–H groups in total. The molecular weight excluding hydrogens is 272 g/mol. The minimum Gasteiger partial charge on any atom is -0.488 e. The first-order valence-corrected chi connectivity index (χ1v) is 6.37. The summed E-state index contributed by atoms with van der Waals surface area (Å²) in [5.41, 5.74) is 6.85. The fourth-order valence-electron chi connectivity index (χ4n) is 1.72. The number of hydrogen-bond acceptors (Lipinski definition) is 2. The van der Waals surface area contributed by atoms with Gasteiger partial charge in [0.05, 0.1) is 6.61 Å². The van der Waals surface area contributed by atoms with Gasteiger partial charge in [-0.2, -0.15) is 0 Å². The lowest BCUT2D eigenvalue weighted by atomic mass is 9.99. The summed E-state index contributed by atoms with van der Waals surface area (Å²) in [7, 11) is 0. The van der Waals surface area contributed by atoms with Crippen LogP contribution < -0.4 is 10.5 Å². The first kappa shape index (κ1) is 18.1. The van der Waals surface area contributed by atoms with Crippen LogP contribution in [-0.2, 0) is 6.42 Å². The Hall–Kier alpha value is -0.870. The third kappa shape index (κ3) is 4.62. The summed E-state index contributed by atoms with van der Waals surface area (Å²) in [5, 5.41) is 0. The van der Waals surface area contributed by atoms with E-state index in [4.69, 9.17) is 10.5 Å². The predicted octanol–water partition coefficient (Wildman–Crippen LogP) is 3.76. The number of ether oxygens (including phenoxy) is 1. The normalized spacial score (nSPS) is 11.9. The summed E-state index contributed by atoms with van der Waals surface area (Å²) < 4.78 is 32.9. The van der Waals surface area contributed by atoms with E-state index in [1.165, 1.54) is 6.07 Å². The monoisotopic (exact) mass is 293 g/mol. The van der Waals surface area contributed by atoms with Crippen LogP contribution in [0.15, 0.2) is 6.07 Å². The summed E-state index contributed by atoms with van der Waals surface area (Å²) in [6, 6.07) is 1.25. The molecular formula is C14H22ClF2NO. The van der Waals surface area contributed by atoms with E-state index in [9.17, 15) is 8.78 Å². The number of hydrogen-bond donors (Lipinski definition) is 1. The quantitative estimate of drug-likeness (QED) is 0.866. The van der Waals surface area contributed by atoms with Crippen molar-refractivity contribution in [2.75, 3.05) is 6.61 Å². The van der Waals surface area contributed by atoms with E-state index in [0.717, 1.165) is 6.42 Å². The van der Waals surface area contributed by atoms with Crippen molar-refractivity contribution in [2.45, 2.75) is 46.1 Å². The van der Waals surface area contributed by atoms with Gasteiger partial charge in [-0.05, 0) is 43.4 Å². The topological polar surface area (TPSA) is 35.2 Å². The van der Waals surface area contributed by atoms with Gasteiger partial charge in [0.25, 0.3) is 0 Å². The fraction of sp³-hybridized carbons (Fsp3) is 0.571. The van der Waals surface area contributed by atoms with Crippen LogP contribution in [0, 0.1) is 18.6 Å². The highest BCUT2D eigenvalue weighted by molar-refractivity contribution is 5.85. The largest absolute Gasteiger partial charge is 0.488 e. The molecule has 0 aliphatic heterocycles. The molecule has 0 heterocycles. The van der Waals surface area contributed by atoms with E-state index in [2.05, 4.69) is 0 Å². The third-order valence-corrected chi connectivity index (χ3v) is 2.99. The van der Waals surface area contributed by atoms with Crippen LogP contribution in [0.5, 0.6) is 5.75 Å². The Morgan fingerprint density at radius 3 is 2.47 bits per heavy atom. The molecule has 1 unspecified atom stereocenters. The molecule has 0 fully saturated rings. The zero-order valence-electron chi connectivity index (χ0n) is 11.6. The van der Waals surface area contributed by atoms with Crippen LogP contribution >= 0.6 is 12.4 Å². The summed E-state index contributed by atoms with van der Waals surface area (Å²) in [6.45, 7) is 5.77. The van der Waals surface area contributed by atoms with Crippen molar-refractivity contribution in [3.8, 4) is 5.75 Å². The Morgan fingerprint density at radius 1 is 1.32 bits per heavy atom. The number of nitrogens with two attached hydrogens (primary N) is 1. The molecule has 0 amide bonds. The van der Waals surface area contributed by atoms with Crippen LogP contribution in [-0.4, -0.2) is 12.6 Å². The summed E-state index contributed by atoms with van der Waals surface area (Å²) >= 11 is 0. The van der Waals surface area contributed by atoms with Crippen molar-refractivity contribution in [1.29, 1.82) is 0 Å². The predicted molar refractivity (Wildman–Crippen MR) is 76.1 cm³/mol. The molecule has 0 aliphatic rings. The van der Waals surface area contributed by atoms with Crippen LogP contribution in [0.3, 0.4) is 0 Å². The van der Waals surface area contributed by atoms with Crippen molar-refractivity contribution in [3.63, 3.8) is 0 Å². The maximum atomic E-state index is 14.0. The lowest BCUT2D eigenvalue weighted by molar-refractivity contribution is 0.283. The maximum absolute atomic E-state index is 14.0. The highest BCUT2D eigenvalue weighted by Crippen LogP contribution is 2.28. The van der Waals surface area contributed by atoms with E-state index in [0.29, 0.717) is 30.6 Å². The average Bonchev–Trinajstić information content (AvgIpc) is 2.35. The standard InChI is InChI=1S/C14H21F2NO.ClH/c1-4-6-18-14-12(15)8-10(7-11(17)5-2)9(3)13(14)16;/h8,11H,4-7,17H2,1-3H3;1H. The lowest BCUT2D eigenvalue weighted by Crippen LogP contribution is -2.22. The summed E-state index contributed by atoms with van der Waals surface area (Å²) in [4.78, 5) is 0. The van der Waals surface area contributed by atoms with Crippen LogP contribution in [0.1, 0.15) is 37.8 Å². The Kier molecular flexibility index (Phi) is 7.95. The molecule has 0 saturated heterocycles. The van der Waals surface area contributed by atoms with Gasteiger partial charge in [0.15, 0.2) is 17.4 Å². The van der Waals surface area contributed by atoms with Gasteiger partial charge >= 0.3 is 0 Å². The highest BCUT2D eigenvalue weighted by Gasteiger charge is 2.18. The first-order chi connectivity index (χ1) is 8.51. The van der Waals surface area contributed by atoms with Crippen LogP contribution in [0.25, 0.3) is 0 Å². The summed E-state index contributed by atoms with van der Waals surface area (Å²) in [5.74, 6) is -1.53. The smallest absolute Gasteiger partial charge is 0.190 e. The molecule has 0 bridgehead atoms. The van der Waals surface area contributed by atoms with E-state index in [1.807, 2.05) is 13.8 Å².